The summed E-state index contributed by atoms with van der Waals surface area (Å²) in [6.07, 6.45) is -4.87. The molecule has 2 aromatic carbocycles. The van der Waals surface area contributed by atoms with Crippen LogP contribution in [0.4, 0.5) is 9.59 Å². The summed E-state index contributed by atoms with van der Waals surface area (Å²) in [7, 11) is 4.14. The van der Waals surface area contributed by atoms with E-state index in [1.165, 1.54) is 32.9 Å². The maximum absolute atomic E-state index is 13.3. The van der Waals surface area contributed by atoms with Gasteiger partial charge in [-0.25, -0.2) is 14.4 Å². The molecule has 15 nitrogen and oxygen atoms in total. The molecule has 1 heterocycles. The molecule has 1 fully saturated rings. The Bertz CT molecular complexity index is 1600. The van der Waals surface area contributed by atoms with E-state index in [0.29, 0.717) is 0 Å². The Labute approximate surface area is 320 Å². The molecule has 0 N–H and O–H groups in total. The quantitative estimate of drug-likeness (QED) is 0.202. The van der Waals surface area contributed by atoms with E-state index in [-0.39, 0.29) is 18.5 Å². The number of rotatable bonds is 13. The fourth-order valence-electron chi connectivity index (χ4n) is 4.82. The Morgan fingerprint density at radius 1 is 0.704 bits per heavy atom. The van der Waals surface area contributed by atoms with Crippen LogP contribution in [0.15, 0.2) is 65.6 Å². The van der Waals surface area contributed by atoms with E-state index in [1.54, 1.807) is 71.9 Å². The lowest BCUT2D eigenvalue weighted by atomic mass is 10.0. The van der Waals surface area contributed by atoms with E-state index in [2.05, 4.69) is 0 Å². The van der Waals surface area contributed by atoms with Crippen molar-refractivity contribution in [2.24, 2.45) is 0 Å². The third kappa shape index (κ3) is 14.9. The van der Waals surface area contributed by atoms with Crippen LogP contribution in [-0.2, 0) is 42.8 Å². The molecule has 16 heteroatoms. The van der Waals surface area contributed by atoms with Gasteiger partial charge in [-0.2, -0.15) is 0 Å². The van der Waals surface area contributed by atoms with E-state index in [9.17, 15) is 28.8 Å². The van der Waals surface area contributed by atoms with E-state index in [1.807, 2.05) is 30.3 Å². The Morgan fingerprint density at radius 3 is 1.78 bits per heavy atom. The zero-order chi connectivity index (χ0) is 40.2. The minimum absolute atomic E-state index is 0.0881. The van der Waals surface area contributed by atoms with Gasteiger partial charge < -0.3 is 43.1 Å². The first-order valence-electron chi connectivity index (χ1n) is 17.3. The van der Waals surface area contributed by atoms with E-state index >= 15 is 0 Å². The van der Waals surface area contributed by atoms with Gasteiger partial charge in [0.1, 0.15) is 55.1 Å². The topological polar surface area (TPSA) is 168 Å². The summed E-state index contributed by atoms with van der Waals surface area (Å²) in [5, 5.41) is 0. The third-order valence-electron chi connectivity index (χ3n) is 7.38. The lowest BCUT2D eigenvalue weighted by Crippen LogP contribution is -2.54. The van der Waals surface area contributed by atoms with Crippen LogP contribution in [0, 0.1) is 0 Å². The Hall–Kier alpha value is -4.83. The van der Waals surface area contributed by atoms with Gasteiger partial charge in [0.05, 0.1) is 5.56 Å². The molecule has 2 aromatic rings. The number of carbonyl (C=O) groups is 6. The molecule has 0 saturated carbocycles. The van der Waals surface area contributed by atoms with Crippen LogP contribution in [0.1, 0.15) is 58.3 Å². The number of esters is 3. The molecule has 54 heavy (non-hydrogen) atoms. The summed E-state index contributed by atoms with van der Waals surface area (Å²) in [5.41, 5.74) is -1.95. The number of hydrogen-bond acceptors (Lipinski definition) is 13. The van der Waals surface area contributed by atoms with Crippen molar-refractivity contribution in [3.63, 3.8) is 0 Å². The van der Waals surface area contributed by atoms with Crippen molar-refractivity contribution in [2.75, 3.05) is 47.4 Å². The largest absolute Gasteiger partial charge is 0.461 e. The molecule has 296 valence electrons. The van der Waals surface area contributed by atoms with Crippen molar-refractivity contribution in [3.05, 3.63) is 66.2 Å². The predicted octanol–water partition coefficient (Wildman–Crippen LogP) is 4.77. The summed E-state index contributed by atoms with van der Waals surface area (Å²) in [6.45, 7) is 8.37. The minimum atomic E-state index is -1.28. The van der Waals surface area contributed by atoms with Gasteiger partial charge in [-0.3, -0.25) is 14.4 Å². The summed E-state index contributed by atoms with van der Waals surface area (Å²) in [4.78, 5) is 81.5. The van der Waals surface area contributed by atoms with E-state index in [0.717, 1.165) is 19.6 Å². The average molecular weight is 774 g/mol. The summed E-state index contributed by atoms with van der Waals surface area (Å²) < 4.78 is 34.3. The van der Waals surface area contributed by atoms with Crippen molar-refractivity contribution in [1.82, 2.24) is 14.7 Å². The normalized spacial score (nSPS) is 18.4. The van der Waals surface area contributed by atoms with Gasteiger partial charge in [-0.15, -0.1) is 0 Å². The van der Waals surface area contributed by atoms with Crippen LogP contribution in [0.25, 0.3) is 0 Å². The molecule has 0 radical (unpaired) electrons. The van der Waals surface area contributed by atoms with Crippen molar-refractivity contribution < 1.29 is 57.2 Å². The van der Waals surface area contributed by atoms with Gasteiger partial charge in [0.15, 0.2) is 6.10 Å². The Morgan fingerprint density at radius 2 is 1.22 bits per heavy atom. The second-order valence-electron chi connectivity index (χ2n) is 14.6. The predicted molar refractivity (Wildman–Crippen MR) is 197 cm³/mol. The Balaban J connectivity index is 1.81. The van der Waals surface area contributed by atoms with Crippen LogP contribution in [0.5, 0.6) is 0 Å². The van der Waals surface area contributed by atoms with Crippen LogP contribution in [0.3, 0.4) is 0 Å². The summed E-state index contributed by atoms with van der Waals surface area (Å²) in [6, 6.07) is 17.6. The number of carbonyl (C=O) groups excluding carboxylic acids is 6. The summed E-state index contributed by atoms with van der Waals surface area (Å²) >= 11 is 1.34. The monoisotopic (exact) mass is 773 g/mol. The number of nitrogens with zero attached hydrogens (tertiary/aromatic N) is 3. The van der Waals surface area contributed by atoms with Crippen molar-refractivity contribution in [1.29, 1.82) is 0 Å². The fourth-order valence-corrected chi connectivity index (χ4v) is 5.92. The molecular formula is C38H51N3O12S. The highest BCUT2D eigenvalue weighted by Gasteiger charge is 2.45. The number of amides is 3. The molecule has 0 bridgehead atoms. The fraction of sp³-hybridized carbons (Fsp3) is 0.526. The lowest BCUT2D eigenvalue weighted by Gasteiger charge is -2.40. The first-order valence-corrected chi connectivity index (χ1v) is 18.2. The first-order chi connectivity index (χ1) is 25.2. The van der Waals surface area contributed by atoms with Gasteiger partial charge in [-0.1, -0.05) is 48.2 Å². The highest BCUT2D eigenvalue weighted by Crippen LogP contribution is 2.36. The molecule has 4 atom stereocenters. The third-order valence-corrected chi connectivity index (χ3v) is 8.49. The minimum Gasteiger partial charge on any atom is -0.461 e. The maximum atomic E-state index is 13.3. The van der Waals surface area contributed by atoms with Gasteiger partial charge in [0.25, 0.3) is 0 Å². The average Bonchev–Trinajstić information content (AvgIpc) is 3.07. The van der Waals surface area contributed by atoms with Gasteiger partial charge >= 0.3 is 30.1 Å². The number of likely N-dealkylation sites (N-methyl/N-ethyl adjacent to an activating group) is 3. The van der Waals surface area contributed by atoms with Gasteiger partial charge in [-0.05, 0) is 65.8 Å². The van der Waals surface area contributed by atoms with Crippen LogP contribution >= 0.6 is 11.8 Å². The molecule has 0 aromatic heterocycles. The summed E-state index contributed by atoms with van der Waals surface area (Å²) in [5.74, 6) is -2.91. The second kappa shape index (κ2) is 19.5. The molecule has 0 aliphatic carbocycles. The van der Waals surface area contributed by atoms with Gasteiger partial charge in [0.2, 0.25) is 5.91 Å². The highest BCUT2D eigenvalue weighted by molar-refractivity contribution is 7.99. The van der Waals surface area contributed by atoms with Crippen LogP contribution in [0.2, 0.25) is 0 Å². The molecule has 3 amide bonds. The molecule has 2 unspecified atom stereocenters. The van der Waals surface area contributed by atoms with Crippen molar-refractivity contribution in [3.8, 4) is 0 Å². The molecule has 3 rings (SSSR count). The number of thioether (sulfide) groups is 1. The Kier molecular flexibility index (Phi) is 15.7. The zero-order valence-electron chi connectivity index (χ0n) is 32.3. The molecule has 0 spiro atoms. The number of hydrogen-bond donors (Lipinski definition) is 0. The smallest absolute Gasteiger partial charge is 0.410 e. The highest BCUT2D eigenvalue weighted by atomic mass is 32.2. The standard InChI is InChI=1S/C38H51N3O12S/c1-37(2,3)52-35(46)40(8)21-29(42)39(7)22-30(43)48-24-28-33(51-31(44)23-41(9)36(47)53-38(4,5)6)27(50-34(45)25-16-12-10-13-17-25)20-32(49-28)54-26-18-14-11-15-19-26/h10-19,27-28,32-33H,20-24H2,1-9H3/t27?,28?,32-,33+/m0/s1. The maximum Gasteiger partial charge on any atom is 0.410 e. The van der Waals surface area contributed by atoms with Crippen molar-refractivity contribution >= 4 is 47.8 Å². The van der Waals surface area contributed by atoms with Crippen LogP contribution < -0.4 is 0 Å². The number of benzene rings is 2. The molecule has 1 saturated heterocycles. The van der Waals surface area contributed by atoms with Gasteiger partial charge in [0, 0.05) is 32.5 Å². The first kappa shape index (κ1) is 43.6. The lowest BCUT2D eigenvalue weighted by molar-refractivity contribution is -0.197. The molecular weight excluding hydrogens is 722 g/mol. The zero-order valence-corrected chi connectivity index (χ0v) is 33.1. The van der Waals surface area contributed by atoms with Crippen molar-refractivity contribution in [2.45, 2.75) is 87.8 Å². The van der Waals surface area contributed by atoms with E-state index in [4.69, 9.17) is 28.4 Å². The van der Waals surface area contributed by atoms with Crippen LogP contribution in [-0.4, -0.2) is 133 Å². The van der Waals surface area contributed by atoms with E-state index < -0.39 is 90.6 Å². The SMILES string of the molecule is CN(CC(=O)OCC1O[C@@H](Sc2ccccc2)CC(OC(=O)c2ccccc2)[C@H]1OC(=O)CN(C)C(=O)OC(C)(C)C)C(=O)CN(C)C(=O)OC(C)(C)C. The molecule has 1 aliphatic rings. The second-order valence-corrected chi connectivity index (χ2v) is 15.9. The number of ether oxygens (including phenoxy) is 6. The molecule has 1 aliphatic heterocycles.